The number of nitrogens with zero attached hydrogens (tertiary/aromatic N) is 1. The Morgan fingerprint density at radius 3 is 2.40 bits per heavy atom. The fourth-order valence-corrected chi connectivity index (χ4v) is 7.60. The van der Waals surface area contributed by atoms with Gasteiger partial charge in [0.2, 0.25) is 9.70 Å². The Kier molecular flexibility index (Phi) is 13.0. The first-order valence-electron chi connectivity index (χ1n) is 16.2. The Labute approximate surface area is 303 Å². The van der Waals surface area contributed by atoms with Crippen LogP contribution in [0.2, 0.25) is 0 Å². The lowest BCUT2D eigenvalue weighted by atomic mass is 9.64. The highest BCUT2D eigenvalue weighted by atomic mass is 35.6. The van der Waals surface area contributed by atoms with E-state index >= 15 is 0 Å². The van der Waals surface area contributed by atoms with Crippen molar-refractivity contribution >= 4 is 64.2 Å². The third-order valence-corrected chi connectivity index (χ3v) is 11.1. The van der Waals surface area contributed by atoms with Crippen LogP contribution in [-0.4, -0.2) is 70.0 Å². The molecule has 1 aliphatic heterocycles. The number of ether oxygens (including phenoxy) is 3. The number of aliphatic hydroxyl groups is 1. The number of halogens is 4. The Balaban J connectivity index is 1.48. The number of benzene rings is 1. The molecular weight excluding hydrogens is 700 g/mol. The van der Waals surface area contributed by atoms with E-state index in [0.717, 1.165) is 22.5 Å². The highest BCUT2D eigenvalue weighted by molar-refractivity contribution is 6.68. The fraction of sp³-hybridized carbons (Fsp3) is 0.583. The molecule has 1 saturated heterocycles. The number of allylic oxidation sites excluding steroid dienone is 4. The molecule has 0 bridgehead atoms. The number of likely N-dealkylation sites (tertiary alicyclic amines) is 1. The zero-order chi connectivity index (χ0) is 35.4. The van der Waals surface area contributed by atoms with E-state index in [9.17, 15) is 19.5 Å². The number of hydrogen-bond acceptors (Lipinski definition) is 7. The molecule has 1 N–H and O–H groups in total. The van der Waals surface area contributed by atoms with Crippen molar-refractivity contribution in [2.75, 3.05) is 20.8 Å². The predicted molar refractivity (Wildman–Crippen MR) is 188 cm³/mol. The maximum Gasteiger partial charge on any atom is 0.330 e. The van der Waals surface area contributed by atoms with Crippen molar-refractivity contribution in [1.29, 1.82) is 0 Å². The third kappa shape index (κ3) is 9.72. The van der Waals surface area contributed by atoms with Gasteiger partial charge in [-0.1, -0.05) is 84.6 Å². The van der Waals surface area contributed by atoms with Crippen LogP contribution in [-0.2, 0) is 30.4 Å². The van der Waals surface area contributed by atoms with Crippen LogP contribution in [0.5, 0.6) is 5.75 Å². The van der Waals surface area contributed by atoms with Gasteiger partial charge in [-0.05, 0) is 68.1 Å². The highest BCUT2D eigenvalue weighted by Crippen LogP contribution is 2.51. The molecule has 12 heteroatoms. The van der Waals surface area contributed by atoms with Gasteiger partial charge in [-0.25, -0.2) is 4.79 Å². The van der Waals surface area contributed by atoms with Gasteiger partial charge in [-0.15, -0.1) is 11.6 Å². The van der Waals surface area contributed by atoms with E-state index in [0.29, 0.717) is 32.4 Å². The Bertz CT molecular complexity index is 1420. The molecule has 0 radical (unpaired) electrons. The van der Waals surface area contributed by atoms with E-state index in [-0.39, 0.29) is 47.8 Å². The van der Waals surface area contributed by atoms with E-state index in [1.807, 2.05) is 49.1 Å². The minimum atomic E-state index is -1.84. The first kappa shape index (κ1) is 38.6. The summed E-state index contributed by atoms with van der Waals surface area (Å²) in [5.41, 5.74) is 2.32. The molecule has 5 unspecified atom stereocenters. The summed E-state index contributed by atoms with van der Waals surface area (Å²) in [6, 6.07) is 7.67. The number of rotatable bonds is 14. The second-order valence-electron chi connectivity index (χ2n) is 13.5. The quantitative estimate of drug-likeness (QED) is 0.0920. The van der Waals surface area contributed by atoms with Crippen molar-refractivity contribution < 1.29 is 33.7 Å². The summed E-state index contributed by atoms with van der Waals surface area (Å²) in [7, 11) is 2.96. The van der Waals surface area contributed by atoms with Crippen molar-refractivity contribution in [3.05, 3.63) is 65.3 Å². The van der Waals surface area contributed by atoms with Gasteiger partial charge in [0.1, 0.15) is 11.9 Å². The molecule has 8 nitrogen and oxygen atoms in total. The minimum Gasteiger partial charge on any atom is -0.497 e. The maximum atomic E-state index is 13.9. The number of hydrogen-bond donors (Lipinski definition) is 1. The lowest BCUT2D eigenvalue weighted by molar-refractivity contribution is -0.152. The van der Waals surface area contributed by atoms with Crippen molar-refractivity contribution in [3.63, 3.8) is 0 Å². The van der Waals surface area contributed by atoms with Gasteiger partial charge in [0, 0.05) is 41.4 Å². The zero-order valence-corrected chi connectivity index (χ0v) is 31.0. The molecule has 0 aromatic heterocycles. The number of fused-ring (bicyclic) bond motifs is 1. The normalized spacial score (nSPS) is 27.6. The van der Waals surface area contributed by atoms with E-state index in [4.69, 9.17) is 60.6 Å². The van der Waals surface area contributed by atoms with Crippen LogP contribution in [0.4, 0.5) is 0 Å². The lowest BCUT2D eigenvalue weighted by Gasteiger charge is -2.39. The smallest absolute Gasteiger partial charge is 0.330 e. The molecule has 264 valence electrons. The van der Waals surface area contributed by atoms with Crippen LogP contribution in [0.25, 0.3) is 0 Å². The molecule has 1 heterocycles. The fourth-order valence-electron chi connectivity index (χ4n) is 6.77. The summed E-state index contributed by atoms with van der Waals surface area (Å²) in [6.45, 7) is 7.13. The zero-order valence-electron chi connectivity index (χ0n) is 28.0. The molecule has 1 saturated carbocycles. The van der Waals surface area contributed by atoms with Crippen LogP contribution in [0.1, 0.15) is 58.4 Å². The first-order chi connectivity index (χ1) is 22.5. The van der Waals surface area contributed by atoms with Crippen molar-refractivity contribution in [2.45, 2.75) is 80.8 Å². The van der Waals surface area contributed by atoms with Crippen LogP contribution < -0.4 is 4.74 Å². The van der Waals surface area contributed by atoms with Gasteiger partial charge >= 0.3 is 11.9 Å². The number of aliphatic hydroxyl groups excluding tert-OH is 1. The predicted octanol–water partition coefficient (Wildman–Crippen LogP) is 7.36. The number of esters is 2. The lowest BCUT2D eigenvalue weighted by Crippen LogP contribution is -2.35. The monoisotopic (exact) mass is 743 g/mol. The topological polar surface area (TPSA) is 102 Å². The number of amides is 1. The minimum absolute atomic E-state index is 0.0176. The van der Waals surface area contributed by atoms with E-state index in [1.54, 1.807) is 7.11 Å². The summed E-state index contributed by atoms with van der Waals surface area (Å²) in [6.07, 6.45) is 7.64. The van der Waals surface area contributed by atoms with Gasteiger partial charge in [0.25, 0.3) is 0 Å². The summed E-state index contributed by atoms with van der Waals surface area (Å²) >= 11 is 24.6. The molecule has 4 rings (SSSR count). The number of carbonyl (C=O) groups excluding carboxylic acids is 3. The Morgan fingerprint density at radius 2 is 1.81 bits per heavy atom. The molecule has 8 atom stereocenters. The molecule has 48 heavy (non-hydrogen) atoms. The SMILES string of the molecule is COC(=O)/C=C/C1C[C@@H](/C(C)=C/C(C)CCC(OC(=O)CC(O)C2C[C@H]2Cl)C(Cl)(Cl)Cl)C=C2C(=O)N(Cc3ccc(OC)cc3)C[C@@]21C. The first-order valence-corrected chi connectivity index (χ1v) is 17.8. The Hall–Kier alpha value is -2.23. The molecule has 0 spiro atoms. The highest BCUT2D eigenvalue weighted by Gasteiger charge is 2.51. The van der Waals surface area contributed by atoms with E-state index in [1.165, 1.54) is 13.2 Å². The van der Waals surface area contributed by atoms with Crippen LogP contribution in [0.15, 0.2) is 59.7 Å². The average molecular weight is 746 g/mol. The largest absolute Gasteiger partial charge is 0.497 e. The summed E-state index contributed by atoms with van der Waals surface area (Å²) in [5.74, 6) is -0.606. The van der Waals surface area contributed by atoms with E-state index in [2.05, 4.69) is 19.1 Å². The molecule has 3 aliphatic rings. The second-order valence-corrected chi connectivity index (χ2v) is 16.4. The molecule has 2 aliphatic carbocycles. The average Bonchev–Trinajstić information content (AvgIpc) is 3.71. The molecular formula is C36H45Cl4NO7. The van der Waals surface area contributed by atoms with Crippen molar-refractivity contribution in [2.24, 2.45) is 29.1 Å². The number of carbonyl (C=O) groups is 3. The molecule has 2 fully saturated rings. The number of alkyl halides is 4. The Morgan fingerprint density at radius 1 is 1.15 bits per heavy atom. The summed E-state index contributed by atoms with van der Waals surface area (Å²) < 4.78 is 13.8. The summed E-state index contributed by atoms with van der Waals surface area (Å²) in [5, 5.41) is 10.1. The van der Waals surface area contributed by atoms with Crippen LogP contribution in [0.3, 0.4) is 0 Å². The number of methoxy groups -OCH3 is 2. The third-order valence-electron chi connectivity index (χ3n) is 9.83. The van der Waals surface area contributed by atoms with Crippen molar-refractivity contribution in [3.8, 4) is 5.75 Å². The van der Waals surface area contributed by atoms with Crippen molar-refractivity contribution in [1.82, 2.24) is 4.90 Å². The van der Waals surface area contributed by atoms with Gasteiger partial charge in [0.15, 0.2) is 0 Å². The van der Waals surface area contributed by atoms with Gasteiger partial charge in [-0.2, -0.15) is 0 Å². The standard InChI is InChI=1S/C36H45Cl4NO7/c1-21(6-12-31(36(38,39)40)48-33(44)18-30(42)27-17-29(27)37)14-22(2)24-15-25(9-13-32(43)47-5)35(3)20-41(34(45)28(35)16-24)19-23-7-10-26(46-4)11-8-23/h7-11,13-14,16,21,24-25,27,29-31,42H,6,12,15,17-20H2,1-5H3/b13-9+,22-14+/t21?,24-,25?,27?,29-,30?,31?,35-/m1/s1. The molecule has 1 aromatic carbocycles. The van der Waals surface area contributed by atoms with Crippen LogP contribution >= 0.6 is 46.4 Å². The van der Waals surface area contributed by atoms with Gasteiger partial charge in [-0.3, -0.25) is 9.59 Å². The molecule has 1 amide bonds. The van der Waals surface area contributed by atoms with Crippen LogP contribution in [0, 0.1) is 29.1 Å². The summed E-state index contributed by atoms with van der Waals surface area (Å²) in [4.78, 5) is 40.4. The maximum absolute atomic E-state index is 13.9. The van der Waals surface area contributed by atoms with Gasteiger partial charge in [0.05, 0.1) is 26.7 Å². The molecule has 1 aromatic rings. The van der Waals surface area contributed by atoms with E-state index < -0.39 is 33.4 Å². The van der Waals surface area contributed by atoms with Gasteiger partial charge < -0.3 is 24.2 Å². The second kappa shape index (κ2) is 16.2.